The zero-order valence-corrected chi connectivity index (χ0v) is 10.1. The minimum Gasteiger partial charge on any atom is -0.394 e. The Balaban J connectivity index is 2.78. The first-order valence-electron chi connectivity index (χ1n) is 5.44. The molecule has 2 aromatic heterocycles. The van der Waals surface area contributed by atoms with Gasteiger partial charge in [0.2, 0.25) is 5.95 Å². The lowest BCUT2D eigenvalue weighted by molar-refractivity contribution is 0.0825. The molecule has 0 amide bonds. The Morgan fingerprint density at radius 1 is 1.53 bits per heavy atom. The van der Waals surface area contributed by atoms with Crippen molar-refractivity contribution in [3.8, 4) is 0 Å². The van der Waals surface area contributed by atoms with Gasteiger partial charge >= 0.3 is 5.69 Å². The summed E-state index contributed by atoms with van der Waals surface area (Å²) in [5, 5.41) is 18.3. The maximum atomic E-state index is 11.8. The zero-order valence-electron chi connectivity index (χ0n) is 10.1. The number of hydrogen-bond donors (Lipinski definition) is 5. The van der Waals surface area contributed by atoms with Gasteiger partial charge in [0.15, 0.2) is 11.2 Å². The summed E-state index contributed by atoms with van der Waals surface area (Å²) in [4.78, 5) is 29.4. The van der Waals surface area contributed by atoms with E-state index >= 15 is 0 Å². The van der Waals surface area contributed by atoms with Crippen LogP contribution in [-0.4, -0.2) is 42.0 Å². The van der Waals surface area contributed by atoms with Gasteiger partial charge in [-0.2, -0.15) is 4.98 Å². The van der Waals surface area contributed by atoms with Crippen LogP contribution in [-0.2, 0) is 13.6 Å². The number of aliphatic hydroxyl groups excluding tert-OH is 2. The molecule has 1 unspecified atom stereocenters. The van der Waals surface area contributed by atoms with E-state index in [9.17, 15) is 14.7 Å². The van der Waals surface area contributed by atoms with Gasteiger partial charge < -0.3 is 14.8 Å². The molecule has 10 heteroatoms. The molecular weight excluding hydrogens is 256 g/mol. The van der Waals surface area contributed by atoms with Gasteiger partial charge in [0.05, 0.1) is 19.3 Å². The third-order valence-corrected chi connectivity index (χ3v) is 2.74. The summed E-state index contributed by atoms with van der Waals surface area (Å²) >= 11 is 0. The van der Waals surface area contributed by atoms with Crippen LogP contribution in [0.25, 0.3) is 11.2 Å². The number of anilines is 1. The summed E-state index contributed by atoms with van der Waals surface area (Å²) in [6, 6.07) is 0. The van der Waals surface area contributed by atoms with Crippen LogP contribution < -0.4 is 22.5 Å². The molecular formula is C9H14N6O4. The fourth-order valence-electron chi connectivity index (χ4n) is 1.79. The Kier molecular flexibility index (Phi) is 3.38. The van der Waals surface area contributed by atoms with E-state index in [2.05, 4.69) is 15.4 Å². The highest BCUT2D eigenvalue weighted by molar-refractivity contribution is 5.73. The van der Waals surface area contributed by atoms with Crippen molar-refractivity contribution in [2.45, 2.75) is 12.6 Å². The number of fused-ring (bicyclic) bond motifs is 1. The molecule has 0 saturated heterocycles. The molecule has 6 N–H and O–H groups in total. The van der Waals surface area contributed by atoms with Crippen molar-refractivity contribution in [1.82, 2.24) is 19.1 Å². The summed E-state index contributed by atoms with van der Waals surface area (Å²) in [5.74, 6) is 5.40. The normalized spacial score (nSPS) is 12.8. The lowest BCUT2D eigenvalue weighted by Gasteiger charge is -2.11. The molecule has 0 aliphatic rings. The van der Waals surface area contributed by atoms with Gasteiger partial charge in [0, 0.05) is 7.05 Å². The molecule has 2 rings (SSSR count). The van der Waals surface area contributed by atoms with Crippen LogP contribution in [0.4, 0.5) is 5.95 Å². The highest BCUT2D eigenvalue weighted by Crippen LogP contribution is 2.14. The van der Waals surface area contributed by atoms with Crippen LogP contribution >= 0.6 is 0 Å². The predicted octanol–water partition coefficient (Wildman–Crippen LogP) is -2.94. The third-order valence-electron chi connectivity index (χ3n) is 2.74. The van der Waals surface area contributed by atoms with Crippen LogP contribution in [0.3, 0.4) is 0 Å². The van der Waals surface area contributed by atoms with Gasteiger partial charge in [-0.3, -0.25) is 19.8 Å². The van der Waals surface area contributed by atoms with Crippen molar-refractivity contribution in [3.63, 3.8) is 0 Å². The lowest BCUT2D eigenvalue weighted by Crippen LogP contribution is -2.30. The number of nitrogens with two attached hydrogens (primary N) is 1. The fraction of sp³-hybridized carbons (Fsp3) is 0.444. The second kappa shape index (κ2) is 4.84. The lowest BCUT2D eigenvalue weighted by atomic mass is 10.3. The average Bonchev–Trinajstić information content (AvgIpc) is 2.75. The van der Waals surface area contributed by atoms with E-state index in [0.29, 0.717) is 0 Å². The maximum absolute atomic E-state index is 11.8. The number of aromatic amines is 1. The number of rotatable bonds is 4. The first kappa shape index (κ1) is 13.3. The number of nitrogens with one attached hydrogen (secondary N) is 2. The van der Waals surface area contributed by atoms with E-state index in [-0.39, 0.29) is 23.7 Å². The summed E-state index contributed by atoms with van der Waals surface area (Å²) in [6.07, 6.45) is -1.08. The summed E-state index contributed by atoms with van der Waals surface area (Å²) in [7, 11) is 1.45. The first-order chi connectivity index (χ1) is 8.99. The highest BCUT2D eigenvalue weighted by atomic mass is 16.3. The molecule has 0 radical (unpaired) electrons. The van der Waals surface area contributed by atoms with Gasteiger partial charge in [-0.05, 0) is 0 Å². The van der Waals surface area contributed by atoms with Crippen molar-refractivity contribution in [3.05, 3.63) is 20.8 Å². The van der Waals surface area contributed by atoms with Crippen LogP contribution in [0.1, 0.15) is 0 Å². The molecule has 104 valence electrons. The quantitative estimate of drug-likeness (QED) is 0.294. The van der Waals surface area contributed by atoms with E-state index < -0.39 is 24.0 Å². The molecule has 2 aromatic rings. The largest absolute Gasteiger partial charge is 0.394 e. The highest BCUT2D eigenvalue weighted by Gasteiger charge is 2.18. The number of nitrogens with zero attached hydrogens (tertiary/aromatic N) is 3. The first-order valence-corrected chi connectivity index (χ1v) is 5.44. The van der Waals surface area contributed by atoms with Crippen LogP contribution in [0.2, 0.25) is 0 Å². The number of aryl methyl sites for hydroxylation is 1. The second-order valence-electron chi connectivity index (χ2n) is 4.02. The van der Waals surface area contributed by atoms with Crippen molar-refractivity contribution in [1.29, 1.82) is 0 Å². The van der Waals surface area contributed by atoms with E-state index in [0.717, 1.165) is 4.57 Å². The molecule has 0 aliphatic carbocycles. The molecule has 1 atom stereocenters. The Bertz CT molecular complexity index is 714. The minimum absolute atomic E-state index is 0.0857. The maximum Gasteiger partial charge on any atom is 0.329 e. The van der Waals surface area contributed by atoms with Crippen LogP contribution in [0.5, 0.6) is 0 Å². The Hall–Kier alpha value is -2.17. The fourth-order valence-corrected chi connectivity index (χ4v) is 1.79. The number of hydrazine groups is 1. The monoisotopic (exact) mass is 270 g/mol. The molecule has 0 saturated carbocycles. The third kappa shape index (κ3) is 2.12. The molecule has 10 nitrogen and oxygen atoms in total. The van der Waals surface area contributed by atoms with Gasteiger partial charge in [-0.15, -0.1) is 0 Å². The molecule has 19 heavy (non-hydrogen) atoms. The van der Waals surface area contributed by atoms with E-state index in [4.69, 9.17) is 10.9 Å². The summed E-state index contributed by atoms with van der Waals surface area (Å²) < 4.78 is 2.45. The number of imidazole rings is 1. The smallest absolute Gasteiger partial charge is 0.329 e. The number of hydrogen-bond acceptors (Lipinski definition) is 7. The zero-order chi connectivity index (χ0) is 14.2. The Morgan fingerprint density at radius 2 is 2.21 bits per heavy atom. The standard InChI is InChI=1S/C9H14N6O4/c1-14-6-5(7(18)12-9(14)19)15(2-4(17)3-16)8(11-6)13-10/h4,16-17H,2-3,10H2,1H3,(H,11,13)(H,12,18,19). The Labute approximate surface area is 106 Å². The van der Waals surface area contributed by atoms with Gasteiger partial charge in [0.1, 0.15) is 0 Å². The topological polar surface area (TPSA) is 151 Å². The molecule has 2 heterocycles. The van der Waals surface area contributed by atoms with E-state index in [1.165, 1.54) is 11.6 Å². The molecule has 0 aliphatic heterocycles. The van der Waals surface area contributed by atoms with Gasteiger partial charge in [-0.1, -0.05) is 0 Å². The number of H-pyrrole nitrogens is 1. The van der Waals surface area contributed by atoms with Crippen molar-refractivity contribution in [2.75, 3.05) is 12.0 Å². The SMILES string of the molecule is Cn1c(=O)[nH]c(=O)c2c1nc(NN)n2CC(O)CO. The summed E-state index contributed by atoms with van der Waals surface area (Å²) in [6.45, 7) is -0.568. The second-order valence-corrected chi connectivity index (χ2v) is 4.02. The molecule has 0 fully saturated rings. The van der Waals surface area contributed by atoms with Crippen LogP contribution in [0, 0.1) is 0 Å². The number of aromatic nitrogens is 4. The summed E-state index contributed by atoms with van der Waals surface area (Å²) in [5.41, 5.74) is 1.25. The van der Waals surface area contributed by atoms with Crippen molar-refractivity contribution < 1.29 is 10.2 Å². The van der Waals surface area contributed by atoms with Crippen LogP contribution in [0.15, 0.2) is 9.59 Å². The van der Waals surface area contributed by atoms with E-state index in [1.54, 1.807) is 0 Å². The molecule has 0 spiro atoms. The molecule has 0 aromatic carbocycles. The van der Waals surface area contributed by atoms with Gasteiger partial charge in [0.25, 0.3) is 5.56 Å². The minimum atomic E-state index is -1.08. The van der Waals surface area contributed by atoms with E-state index in [1.807, 2.05) is 0 Å². The number of aliphatic hydroxyl groups is 2. The van der Waals surface area contributed by atoms with Gasteiger partial charge in [-0.25, -0.2) is 10.6 Å². The molecule has 0 bridgehead atoms. The average molecular weight is 270 g/mol. The van der Waals surface area contributed by atoms with Crippen molar-refractivity contribution >= 4 is 17.1 Å². The predicted molar refractivity (Wildman–Crippen MR) is 66.5 cm³/mol. The van der Waals surface area contributed by atoms with Crippen molar-refractivity contribution in [2.24, 2.45) is 12.9 Å². The Morgan fingerprint density at radius 3 is 2.79 bits per heavy atom. The number of nitrogen functional groups attached to an aromatic ring is 1.